The quantitative estimate of drug-likeness (QED) is 0.509. The molecule has 158 valence electrons. The van der Waals surface area contributed by atoms with Gasteiger partial charge in [0.15, 0.2) is 0 Å². The van der Waals surface area contributed by atoms with Crippen LogP contribution in [0.3, 0.4) is 0 Å². The molecular formula is C23H22N4O4. The molecule has 0 aliphatic heterocycles. The van der Waals surface area contributed by atoms with Crippen molar-refractivity contribution in [3.8, 4) is 22.9 Å². The van der Waals surface area contributed by atoms with Crippen molar-refractivity contribution in [2.45, 2.75) is 6.92 Å². The van der Waals surface area contributed by atoms with Gasteiger partial charge in [-0.1, -0.05) is 0 Å². The van der Waals surface area contributed by atoms with Gasteiger partial charge in [0.05, 0.1) is 27.0 Å². The molecule has 1 amide bonds. The smallest absolute Gasteiger partial charge is 0.255 e. The largest absolute Gasteiger partial charge is 0.497 e. The fourth-order valence-corrected chi connectivity index (χ4v) is 3.17. The van der Waals surface area contributed by atoms with Crippen LogP contribution in [0.1, 0.15) is 15.9 Å². The third kappa shape index (κ3) is 4.13. The molecule has 3 aromatic carbocycles. The number of hydrogen-bond acceptors (Lipinski definition) is 6. The van der Waals surface area contributed by atoms with Crippen LogP contribution in [-0.2, 0) is 0 Å². The third-order valence-electron chi connectivity index (χ3n) is 4.89. The fourth-order valence-electron chi connectivity index (χ4n) is 3.17. The number of rotatable bonds is 6. The van der Waals surface area contributed by atoms with Gasteiger partial charge in [0, 0.05) is 17.3 Å². The predicted molar refractivity (Wildman–Crippen MR) is 118 cm³/mol. The normalized spacial score (nSPS) is 10.7. The standard InChI is InChI=1S/C23H22N4O4/c1-14-9-21-22(26-27(25-21)16-5-7-17(29-2)8-6-16)13-20(14)24-23(28)15-10-18(30-3)12-19(11-15)31-4/h5-13H,1-4H3,(H,24,28). The Hall–Kier alpha value is -4.07. The molecule has 1 heterocycles. The zero-order valence-corrected chi connectivity index (χ0v) is 17.7. The highest BCUT2D eigenvalue weighted by Crippen LogP contribution is 2.26. The maximum Gasteiger partial charge on any atom is 0.255 e. The fraction of sp³-hybridized carbons (Fsp3) is 0.174. The van der Waals surface area contributed by atoms with E-state index in [9.17, 15) is 4.79 Å². The summed E-state index contributed by atoms with van der Waals surface area (Å²) in [5, 5.41) is 12.0. The Bertz CT molecular complexity index is 1230. The van der Waals surface area contributed by atoms with Gasteiger partial charge in [-0.05, 0) is 61.0 Å². The summed E-state index contributed by atoms with van der Waals surface area (Å²) in [5.74, 6) is 1.57. The molecule has 0 unspecified atom stereocenters. The Morgan fingerprint density at radius 3 is 1.97 bits per heavy atom. The van der Waals surface area contributed by atoms with Crippen LogP contribution < -0.4 is 19.5 Å². The number of methoxy groups -OCH3 is 3. The average Bonchev–Trinajstić information content (AvgIpc) is 3.21. The van der Waals surface area contributed by atoms with Crippen molar-refractivity contribution in [3.63, 3.8) is 0 Å². The number of carbonyl (C=O) groups is 1. The van der Waals surface area contributed by atoms with E-state index in [0.29, 0.717) is 28.3 Å². The molecule has 0 saturated carbocycles. The van der Waals surface area contributed by atoms with Gasteiger partial charge in [0.2, 0.25) is 0 Å². The zero-order chi connectivity index (χ0) is 22.0. The van der Waals surface area contributed by atoms with E-state index in [4.69, 9.17) is 14.2 Å². The monoisotopic (exact) mass is 418 g/mol. The topological polar surface area (TPSA) is 87.5 Å². The number of nitrogens with one attached hydrogen (secondary N) is 1. The highest BCUT2D eigenvalue weighted by Gasteiger charge is 2.14. The van der Waals surface area contributed by atoms with Crippen molar-refractivity contribution in [3.05, 3.63) is 65.7 Å². The van der Waals surface area contributed by atoms with Crippen molar-refractivity contribution in [2.24, 2.45) is 0 Å². The average molecular weight is 418 g/mol. The molecule has 0 radical (unpaired) electrons. The molecular weight excluding hydrogens is 396 g/mol. The van der Waals surface area contributed by atoms with E-state index >= 15 is 0 Å². The second kappa shape index (κ2) is 8.35. The second-order valence-corrected chi connectivity index (χ2v) is 6.90. The van der Waals surface area contributed by atoms with Crippen molar-refractivity contribution >= 4 is 22.6 Å². The number of nitrogens with zero attached hydrogens (tertiary/aromatic N) is 3. The number of benzene rings is 3. The number of hydrogen-bond donors (Lipinski definition) is 1. The van der Waals surface area contributed by atoms with Crippen molar-refractivity contribution in [2.75, 3.05) is 26.6 Å². The van der Waals surface area contributed by atoms with Crippen LogP contribution in [0, 0.1) is 6.92 Å². The highest BCUT2D eigenvalue weighted by atomic mass is 16.5. The summed E-state index contributed by atoms with van der Waals surface area (Å²) < 4.78 is 15.7. The Morgan fingerprint density at radius 2 is 1.39 bits per heavy atom. The number of aryl methyl sites for hydroxylation is 1. The Labute approximate surface area is 179 Å². The molecule has 4 aromatic rings. The maximum absolute atomic E-state index is 12.9. The first-order valence-electron chi connectivity index (χ1n) is 9.57. The van der Waals surface area contributed by atoms with Gasteiger partial charge >= 0.3 is 0 Å². The van der Waals surface area contributed by atoms with Crippen LogP contribution in [-0.4, -0.2) is 42.2 Å². The van der Waals surface area contributed by atoms with Crippen LogP contribution in [0.2, 0.25) is 0 Å². The summed E-state index contributed by atoms with van der Waals surface area (Å²) in [6.45, 7) is 1.91. The summed E-state index contributed by atoms with van der Waals surface area (Å²) in [4.78, 5) is 14.4. The molecule has 31 heavy (non-hydrogen) atoms. The molecule has 1 N–H and O–H groups in total. The first-order chi connectivity index (χ1) is 15.0. The van der Waals surface area contributed by atoms with Crippen molar-refractivity contribution in [1.29, 1.82) is 0 Å². The lowest BCUT2D eigenvalue weighted by molar-refractivity contribution is 0.102. The van der Waals surface area contributed by atoms with E-state index in [1.54, 1.807) is 44.3 Å². The summed E-state index contributed by atoms with van der Waals surface area (Å²) in [5.41, 5.74) is 4.16. The van der Waals surface area contributed by atoms with Crippen LogP contribution in [0.25, 0.3) is 16.7 Å². The van der Waals surface area contributed by atoms with Crippen molar-refractivity contribution in [1.82, 2.24) is 15.0 Å². The van der Waals surface area contributed by atoms with E-state index in [1.807, 2.05) is 43.3 Å². The minimum atomic E-state index is -0.276. The number of fused-ring (bicyclic) bond motifs is 1. The molecule has 0 saturated heterocycles. The van der Waals surface area contributed by atoms with Gasteiger partial charge in [0.1, 0.15) is 28.3 Å². The molecule has 8 heteroatoms. The summed E-state index contributed by atoms with van der Waals surface area (Å²) in [7, 11) is 4.71. The predicted octanol–water partition coefficient (Wildman–Crippen LogP) is 4.01. The van der Waals surface area contributed by atoms with Gasteiger partial charge in [-0.15, -0.1) is 10.2 Å². The van der Waals surface area contributed by atoms with Gasteiger partial charge < -0.3 is 19.5 Å². The summed E-state index contributed by atoms with van der Waals surface area (Å²) in [6, 6.07) is 16.2. The van der Waals surface area contributed by atoms with Crippen molar-refractivity contribution < 1.29 is 19.0 Å². The molecule has 0 spiro atoms. The Morgan fingerprint density at radius 1 is 0.806 bits per heavy atom. The second-order valence-electron chi connectivity index (χ2n) is 6.90. The molecule has 0 bridgehead atoms. The Kier molecular flexibility index (Phi) is 5.44. The number of carbonyl (C=O) groups excluding carboxylic acids is 1. The van der Waals surface area contributed by atoms with Crippen LogP contribution >= 0.6 is 0 Å². The third-order valence-corrected chi connectivity index (χ3v) is 4.89. The minimum Gasteiger partial charge on any atom is -0.497 e. The number of aromatic nitrogens is 3. The zero-order valence-electron chi connectivity index (χ0n) is 17.7. The number of ether oxygens (including phenoxy) is 3. The summed E-state index contributed by atoms with van der Waals surface area (Å²) in [6.07, 6.45) is 0. The van der Waals surface area contributed by atoms with Crippen LogP contribution in [0.15, 0.2) is 54.6 Å². The van der Waals surface area contributed by atoms with E-state index < -0.39 is 0 Å². The van der Waals surface area contributed by atoms with E-state index in [1.165, 1.54) is 0 Å². The number of anilines is 1. The lowest BCUT2D eigenvalue weighted by Gasteiger charge is -2.11. The first kappa shape index (κ1) is 20.2. The Balaban J connectivity index is 1.63. The first-order valence-corrected chi connectivity index (χ1v) is 9.57. The maximum atomic E-state index is 12.9. The van der Waals surface area contributed by atoms with Crippen LogP contribution in [0.5, 0.6) is 17.2 Å². The van der Waals surface area contributed by atoms with Gasteiger partial charge in [-0.3, -0.25) is 4.79 Å². The summed E-state index contributed by atoms with van der Waals surface area (Å²) >= 11 is 0. The molecule has 0 aliphatic carbocycles. The lowest BCUT2D eigenvalue weighted by atomic mass is 10.1. The van der Waals surface area contributed by atoms with Gasteiger partial charge in [-0.25, -0.2) is 0 Å². The minimum absolute atomic E-state index is 0.276. The molecule has 1 aromatic heterocycles. The SMILES string of the molecule is COc1ccc(-n2nc3cc(C)c(NC(=O)c4cc(OC)cc(OC)c4)cc3n2)cc1. The van der Waals surface area contributed by atoms with Gasteiger partial charge in [0.25, 0.3) is 5.91 Å². The molecule has 0 atom stereocenters. The van der Waals surface area contributed by atoms with Crippen LogP contribution in [0.4, 0.5) is 5.69 Å². The highest BCUT2D eigenvalue weighted by molar-refractivity contribution is 6.06. The number of amides is 1. The molecule has 8 nitrogen and oxygen atoms in total. The molecule has 4 rings (SSSR count). The van der Waals surface area contributed by atoms with Gasteiger partial charge in [-0.2, -0.15) is 4.80 Å². The van der Waals surface area contributed by atoms with E-state index in [0.717, 1.165) is 22.5 Å². The lowest BCUT2D eigenvalue weighted by Crippen LogP contribution is -2.13. The molecule has 0 fully saturated rings. The van der Waals surface area contributed by atoms with E-state index in [2.05, 4.69) is 15.5 Å². The van der Waals surface area contributed by atoms with E-state index in [-0.39, 0.29) is 5.91 Å². The molecule has 0 aliphatic rings.